The molecule has 118 valence electrons. The molecule has 0 spiro atoms. The summed E-state index contributed by atoms with van der Waals surface area (Å²) < 4.78 is 6.07. The third kappa shape index (κ3) is 2.00. The number of carbonyl (C=O) groups is 1. The van der Waals surface area contributed by atoms with Gasteiger partial charge in [0.05, 0.1) is 5.56 Å². The molecule has 4 rings (SSSR count). The van der Waals surface area contributed by atoms with Gasteiger partial charge in [0.25, 0.3) is 0 Å². The topological polar surface area (TPSA) is 26.3 Å². The summed E-state index contributed by atoms with van der Waals surface area (Å²) in [7, 11) is 0. The Hall–Kier alpha value is -2.87. The largest absolute Gasteiger partial charge is 0.441 e. The van der Waals surface area contributed by atoms with E-state index in [0.29, 0.717) is 5.56 Å². The second kappa shape index (κ2) is 5.34. The molecule has 1 aliphatic rings. The monoisotopic (exact) mass is 314 g/mol. The van der Waals surface area contributed by atoms with Crippen molar-refractivity contribution >= 4 is 5.97 Å². The van der Waals surface area contributed by atoms with Gasteiger partial charge in [-0.2, -0.15) is 0 Å². The van der Waals surface area contributed by atoms with Gasteiger partial charge in [0.1, 0.15) is 0 Å². The number of cyclic esters (lactones) is 1. The highest BCUT2D eigenvalue weighted by Gasteiger charge is 2.48. The molecule has 1 heterocycles. The number of ether oxygens (including phenoxy) is 1. The molecule has 0 fully saturated rings. The molecule has 3 aromatic carbocycles. The van der Waals surface area contributed by atoms with Crippen molar-refractivity contribution in [1.29, 1.82) is 0 Å². The lowest BCUT2D eigenvalue weighted by molar-refractivity contribution is 0.0250. The zero-order chi connectivity index (χ0) is 16.7. The minimum absolute atomic E-state index is 0.269. The van der Waals surface area contributed by atoms with Gasteiger partial charge in [-0.1, -0.05) is 72.3 Å². The van der Waals surface area contributed by atoms with Crippen LogP contribution in [0.3, 0.4) is 0 Å². The summed E-state index contributed by atoms with van der Waals surface area (Å²) in [6.45, 7) is 4.14. The van der Waals surface area contributed by atoms with Crippen molar-refractivity contribution in [3.63, 3.8) is 0 Å². The van der Waals surface area contributed by atoms with Crippen LogP contribution < -0.4 is 0 Å². The molecular formula is C22H18O2. The Morgan fingerprint density at radius 2 is 1.50 bits per heavy atom. The number of benzene rings is 3. The van der Waals surface area contributed by atoms with E-state index in [-0.39, 0.29) is 5.97 Å². The van der Waals surface area contributed by atoms with Crippen molar-refractivity contribution in [2.45, 2.75) is 19.4 Å². The molecule has 0 unspecified atom stereocenters. The first-order valence-electron chi connectivity index (χ1n) is 8.09. The molecule has 2 heteroatoms. The normalized spacial score (nSPS) is 19.0. The maximum absolute atomic E-state index is 12.6. The molecule has 0 N–H and O–H groups in total. The third-order valence-corrected chi connectivity index (χ3v) is 4.71. The standard InChI is InChI=1S/C22H18O2/c1-15-12-13-19(16(2)14-15)22(17-8-4-3-5-9-17)20-11-7-6-10-18(20)21(23)24-22/h3-14H,1-2H3/t22-/m0/s1. The molecule has 0 amide bonds. The van der Waals surface area contributed by atoms with Crippen molar-refractivity contribution in [1.82, 2.24) is 0 Å². The molecule has 0 saturated heterocycles. The van der Waals surface area contributed by atoms with Gasteiger partial charge in [0.15, 0.2) is 5.60 Å². The van der Waals surface area contributed by atoms with E-state index in [0.717, 1.165) is 22.3 Å². The van der Waals surface area contributed by atoms with E-state index in [4.69, 9.17) is 4.74 Å². The fourth-order valence-corrected chi connectivity index (χ4v) is 3.67. The van der Waals surface area contributed by atoms with Crippen LogP contribution in [-0.2, 0) is 10.3 Å². The Morgan fingerprint density at radius 1 is 0.792 bits per heavy atom. The second-order valence-corrected chi connectivity index (χ2v) is 6.30. The Labute approximate surface area is 141 Å². The third-order valence-electron chi connectivity index (χ3n) is 4.71. The zero-order valence-electron chi connectivity index (χ0n) is 13.7. The van der Waals surface area contributed by atoms with E-state index in [2.05, 4.69) is 32.0 Å². The smallest absolute Gasteiger partial charge is 0.340 e. The lowest BCUT2D eigenvalue weighted by Gasteiger charge is -2.31. The first-order chi connectivity index (χ1) is 11.6. The molecule has 2 nitrogen and oxygen atoms in total. The Kier molecular flexibility index (Phi) is 3.27. The maximum atomic E-state index is 12.6. The van der Waals surface area contributed by atoms with Crippen LogP contribution >= 0.6 is 0 Å². The number of esters is 1. The van der Waals surface area contributed by atoms with Crippen LogP contribution in [-0.4, -0.2) is 5.97 Å². The summed E-state index contributed by atoms with van der Waals surface area (Å²) in [5.74, 6) is -0.269. The van der Waals surface area contributed by atoms with E-state index in [1.54, 1.807) is 0 Å². The Morgan fingerprint density at radius 3 is 2.25 bits per heavy atom. The summed E-state index contributed by atoms with van der Waals surface area (Å²) in [4.78, 5) is 12.6. The van der Waals surface area contributed by atoms with Gasteiger partial charge in [-0.25, -0.2) is 4.79 Å². The van der Waals surface area contributed by atoms with Crippen LogP contribution in [0.2, 0.25) is 0 Å². The van der Waals surface area contributed by atoms with Gasteiger partial charge in [-0.05, 0) is 25.5 Å². The molecule has 24 heavy (non-hydrogen) atoms. The number of hydrogen-bond donors (Lipinski definition) is 0. The van der Waals surface area contributed by atoms with Crippen molar-refractivity contribution in [2.75, 3.05) is 0 Å². The zero-order valence-corrected chi connectivity index (χ0v) is 13.7. The van der Waals surface area contributed by atoms with E-state index < -0.39 is 5.60 Å². The molecule has 3 aromatic rings. The van der Waals surface area contributed by atoms with E-state index >= 15 is 0 Å². The highest BCUT2D eigenvalue weighted by atomic mass is 16.6. The average molecular weight is 314 g/mol. The van der Waals surface area contributed by atoms with Crippen LogP contribution in [0.25, 0.3) is 0 Å². The van der Waals surface area contributed by atoms with Crippen LogP contribution in [0, 0.1) is 13.8 Å². The predicted molar refractivity (Wildman–Crippen MR) is 94.1 cm³/mol. The van der Waals surface area contributed by atoms with Crippen LogP contribution in [0.15, 0.2) is 72.8 Å². The quantitative estimate of drug-likeness (QED) is 0.637. The van der Waals surface area contributed by atoms with Crippen molar-refractivity contribution in [3.8, 4) is 0 Å². The molecule has 0 bridgehead atoms. The predicted octanol–water partition coefficient (Wildman–Crippen LogP) is 4.77. The Balaban J connectivity index is 2.08. The second-order valence-electron chi connectivity index (χ2n) is 6.30. The average Bonchev–Trinajstić information content (AvgIpc) is 2.90. The summed E-state index contributed by atoms with van der Waals surface area (Å²) in [5.41, 5.74) is 4.95. The Bertz CT molecular complexity index is 928. The number of fused-ring (bicyclic) bond motifs is 1. The molecule has 1 aliphatic heterocycles. The fraction of sp³-hybridized carbons (Fsp3) is 0.136. The molecular weight excluding hydrogens is 296 g/mol. The number of hydrogen-bond acceptors (Lipinski definition) is 2. The van der Waals surface area contributed by atoms with Crippen molar-refractivity contribution < 1.29 is 9.53 Å². The summed E-state index contributed by atoms with van der Waals surface area (Å²) in [6, 6.07) is 23.9. The van der Waals surface area contributed by atoms with Crippen molar-refractivity contribution in [2.24, 2.45) is 0 Å². The molecule has 0 aromatic heterocycles. The minimum Gasteiger partial charge on any atom is -0.441 e. The molecule has 0 radical (unpaired) electrons. The number of rotatable bonds is 2. The fourth-order valence-electron chi connectivity index (χ4n) is 3.67. The van der Waals surface area contributed by atoms with Gasteiger partial charge < -0.3 is 4.74 Å². The SMILES string of the molecule is Cc1ccc([C@]2(c3ccccc3)OC(=O)c3ccccc32)c(C)c1. The van der Waals surface area contributed by atoms with E-state index in [9.17, 15) is 4.79 Å². The van der Waals surface area contributed by atoms with Crippen LogP contribution in [0.1, 0.15) is 38.2 Å². The van der Waals surface area contributed by atoms with Gasteiger partial charge in [-0.15, -0.1) is 0 Å². The van der Waals surface area contributed by atoms with Gasteiger partial charge >= 0.3 is 5.97 Å². The summed E-state index contributed by atoms with van der Waals surface area (Å²) in [6.07, 6.45) is 0. The summed E-state index contributed by atoms with van der Waals surface area (Å²) >= 11 is 0. The number of carbonyl (C=O) groups excluding carboxylic acids is 1. The van der Waals surface area contributed by atoms with Crippen LogP contribution in [0.5, 0.6) is 0 Å². The lowest BCUT2D eigenvalue weighted by Crippen LogP contribution is -2.30. The maximum Gasteiger partial charge on any atom is 0.340 e. The number of aryl methyl sites for hydroxylation is 2. The van der Waals surface area contributed by atoms with Gasteiger partial charge in [-0.3, -0.25) is 0 Å². The highest BCUT2D eigenvalue weighted by Crippen LogP contribution is 2.47. The minimum atomic E-state index is -0.882. The van der Waals surface area contributed by atoms with Crippen molar-refractivity contribution in [3.05, 3.63) is 106 Å². The molecule has 0 aliphatic carbocycles. The van der Waals surface area contributed by atoms with Crippen LogP contribution in [0.4, 0.5) is 0 Å². The lowest BCUT2D eigenvalue weighted by atomic mass is 9.78. The molecule has 0 saturated carbocycles. The molecule has 1 atom stereocenters. The first-order valence-corrected chi connectivity index (χ1v) is 8.09. The van der Waals surface area contributed by atoms with Gasteiger partial charge in [0.2, 0.25) is 0 Å². The van der Waals surface area contributed by atoms with Gasteiger partial charge in [0, 0.05) is 16.7 Å². The van der Waals surface area contributed by atoms with E-state index in [1.807, 2.05) is 54.6 Å². The summed E-state index contributed by atoms with van der Waals surface area (Å²) in [5, 5.41) is 0. The highest BCUT2D eigenvalue weighted by molar-refractivity contribution is 5.96. The van der Waals surface area contributed by atoms with E-state index in [1.165, 1.54) is 5.56 Å². The first kappa shape index (κ1) is 14.7.